The second-order valence-electron chi connectivity index (χ2n) is 5.28. The minimum atomic E-state index is -0.459. The van der Waals surface area contributed by atoms with E-state index < -0.39 is 6.04 Å². The zero-order chi connectivity index (χ0) is 15.6. The predicted molar refractivity (Wildman–Crippen MR) is 86.1 cm³/mol. The molecule has 116 valence electrons. The number of hydrogen-bond acceptors (Lipinski definition) is 4. The number of amides is 1. The normalized spacial score (nSPS) is 18.9. The largest absolute Gasteiger partial charge is 0.399 e. The number of nitrogens with two attached hydrogens (primary N) is 1. The quantitative estimate of drug-likeness (QED) is 0.834. The van der Waals surface area contributed by atoms with Crippen molar-refractivity contribution in [2.75, 3.05) is 30.4 Å². The van der Waals surface area contributed by atoms with Gasteiger partial charge in [0.1, 0.15) is 6.04 Å². The van der Waals surface area contributed by atoms with E-state index in [9.17, 15) is 4.79 Å². The maximum atomic E-state index is 12.3. The van der Waals surface area contributed by atoms with Crippen LogP contribution in [0.1, 0.15) is 13.8 Å². The third kappa shape index (κ3) is 3.73. The van der Waals surface area contributed by atoms with Gasteiger partial charge in [0.2, 0.25) is 5.91 Å². The van der Waals surface area contributed by atoms with Gasteiger partial charge in [0.05, 0.1) is 28.9 Å². The van der Waals surface area contributed by atoms with Crippen LogP contribution in [0, 0.1) is 0 Å². The number of carbonyl (C=O) groups excluding carboxylic acids is 1. The van der Waals surface area contributed by atoms with Crippen LogP contribution in [0.2, 0.25) is 10.0 Å². The molecule has 0 aromatic heterocycles. The van der Waals surface area contributed by atoms with Crippen LogP contribution in [-0.2, 0) is 9.53 Å². The van der Waals surface area contributed by atoms with E-state index in [1.54, 1.807) is 12.1 Å². The lowest BCUT2D eigenvalue weighted by Gasteiger charge is -2.37. The summed E-state index contributed by atoms with van der Waals surface area (Å²) >= 11 is 12.5. The van der Waals surface area contributed by atoms with Gasteiger partial charge in [-0.3, -0.25) is 4.79 Å². The molecule has 1 fully saturated rings. The first-order chi connectivity index (χ1) is 9.90. The standard InChI is InChI=1S/C14H19Cl2N3O2/c1-8(2)18-14(20)12-7-21-4-3-19(12)13-10(15)5-9(17)6-11(13)16/h5-6,8,12H,3-4,7,17H2,1-2H3,(H,18,20). The molecule has 1 aromatic rings. The average Bonchev–Trinajstić information content (AvgIpc) is 2.37. The number of ether oxygens (including phenoxy) is 1. The third-order valence-electron chi connectivity index (χ3n) is 3.19. The highest BCUT2D eigenvalue weighted by atomic mass is 35.5. The Balaban J connectivity index is 2.33. The van der Waals surface area contributed by atoms with Crippen LogP contribution in [0.15, 0.2) is 12.1 Å². The summed E-state index contributed by atoms with van der Waals surface area (Å²) in [6.07, 6.45) is 0. The summed E-state index contributed by atoms with van der Waals surface area (Å²) < 4.78 is 5.43. The Morgan fingerprint density at radius 2 is 2.05 bits per heavy atom. The molecule has 0 radical (unpaired) electrons. The molecule has 1 heterocycles. The molecule has 0 spiro atoms. The Labute approximate surface area is 134 Å². The molecule has 21 heavy (non-hydrogen) atoms. The fraction of sp³-hybridized carbons (Fsp3) is 0.500. The molecule has 1 saturated heterocycles. The predicted octanol–water partition coefficient (Wildman–Crippen LogP) is 2.31. The van der Waals surface area contributed by atoms with E-state index >= 15 is 0 Å². The van der Waals surface area contributed by atoms with Crippen molar-refractivity contribution in [2.24, 2.45) is 0 Å². The molecule has 0 saturated carbocycles. The van der Waals surface area contributed by atoms with Gasteiger partial charge in [0, 0.05) is 18.3 Å². The van der Waals surface area contributed by atoms with E-state index in [1.165, 1.54) is 0 Å². The van der Waals surface area contributed by atoms with Gasteiger partial charge < -0.3 is 20.7 Å². The highest BCUT2D eigenvalue weighted by Gasteiger charge is 2.32. The van der Waals surface area contributed by atoms with Crippen LogP contribution in [0.4, 0.5) is 11.4 Å². The van der Waals surface area contributed by atoms with Crippen molar-refractivity contribution >= 4 is 40.5 Å². The van der Waals surface area contributed by atoms with Crippen LogP contribution in [0.5, 0.6) is 0 Å². The van der Waals surface area contributed by atoms with Gasteiger partial charge in [0.15, 0.2) is 0 Å². The number of anilines is 2. The highest BCUT2D eigenvalue weighted by Crippen LogP contribution is 2.37. The molecule has 2 rings (SSSR count). The van der Waals surface area contributed by atoms with Crippen molar-refractivity contribution in [1.29, 1.82) is 0 Å². The number of benzene rings is 1. The number of rotatable bonds is 3. The monoisotopic (exact) mass is 331 g/mol. The van der Waals surface area contributed by atoms with Crippen LogP contribution in [-0.4, -0.2) is 37.7 Å². The van der Waals surface area contributed by atoms with Crippen molar-refractivity contribution in [1.82, 2.24) is 5.32 Å². The molecule has 0 aliphatic carbocycles. The van der Waals surface area contributed by atoms with Crippen LogP contribution in [0.3, 0.4) is 0 Å². The number of nitrogens with zero attached hydrogens (tertiary/aromatic N) is 1. The number of nitrogen functional groups attached to an aromatic ring is 1. The maximum Gasteiger partial charge on any atom is 0.245 e. The van der Waals surface area contributed by atoms with Gasteiger partial charge in [-0.05, 0) is 26.0 Å². The molecule has 1 aromatic carbocycles. The molecular weight excluding hydrogens is 313 g/mol. The summed E-state index contributed by atoms with van der Waals surface area (Å²) in [6, 6.07) is 2.86. The van der Waals surface area contributed by atoms with Gasteiger partial charge >= 0.3 is 0 Å². The van der Waals surface area contributed by atoms with E-state index in [1.807, 2.05) is 18.7 Å². The first-order valence-electron chi connectivity index (χ1n) is 6.79. The summed E-state index contributed by atoms with van der Waals surface area (Å²) in [4.78, 5) is 14.2. The van der Waals surface area contributed by atoms with Crippen molar-refractivity contribution in [3.05, 3.63) is 22.2 Å². The van der Waals surface area contributed by atoms with Gasteiger partial charge in [-0.25, -0.2) is 0 Å². The molecule has 1 atom stereocenters. The number of carbonyl (C=O) groups is 1. The summed E-state index contributed by atoms with van der Waals surface area (Å²) in [5, 5.41) is 3.76. The van der Waals surface area contributed by atoms with E-state index in [2.05, 4.69) is 5.32 Å². The van der Waals surface area contributed by atoms with Crippen molar-refractivity contribution < 1.29 is 9.53 Å². The number of nitrogens with one attached hydrogen (secondary N) is 1. The summed E-state index contributed by atoms with van der Waals surface area (Å²) in [5.41, 5.74) is 6.84. The third-order valence-corrected chi connectivity index (χ3v) is 3.76. The Morgan fingerprint density at radius 3 is 2.62 bits per heavy atom. The fourth-order valence-corrected chi connectivity index (χ4v) is 3.05. The molecule has 3 N–H and O–H groups in total. The minimum Gasteiger partial charge on any atom is -0.399 e. The number of hydrogen-bond donors (Lipinski definition) is 2. The Morgan fingerprint density at radius 1 is 1.43 bits per heavy atom. The zero-order valence-corrected chi connectivity index (χ0v) is 13.5. The average molecular weight is 332 g/mol. The molecule has 1 aliphatic rings. The van der Waals surface area contributed by atoms with Gasteiger partial charge in [-0.15, -0.1) is 0 Å². The number of morpholine rings is 1. The Kier molecular flexibility index (Phi) is 5.19. The lowest BCUT2D eigenvalue weighted by atomic mass is 10.1. The van der Waals surface area contributed by atoms with Gasteiger partial charge in [-0.1, -0.05) is 23.2 Å². The number of halogens is 2. The fourth-order valence-electron chi connectivity index (χ4n) is 2.33. The lowest BCUT2D eigenvalue weighted by Crippen LogP contribution is -2.55. The second-order valence-corrected chi connectivity index (χ2v) is 6.09. The lowest BCUT2D eigenvalue weighted by molar-refractivity contribution is -0.125. The van der Waals surface area contributed by atoms with E-state index in [-0.39, 0.29) is 11.9 Å². The molecule has 1 aliphatic heterocycles. The van der Waals surface area contributed by atoms with Crippen LogP contribution in [0.25, 0.3) is 0 Å². The zero-order valence-electron chi connectivity index (χ0n) is 12.0. The van der Waals surface area contributed by atoms with Crippen LogP contribution >= 0.6 is 23.2 Å². The van der Waals surface area contributed by atoms with Crippen molar-refractivity contribution in [3.63, 3.8) is 0 Å². The van der Waals surface area contributed by atoms with E-state index in [4.69, 9.17) is 33.7 Å². The van der Waals surface area contributed by atoms with E-state index in [0.717, 1.165) is 0 Å². The Hall–Kier alpha value is -1.17. The smallest absolute Gasteiger partial charge is 0.245 e. The first kappa shape index (κ1) is 16.2. The molecule has 0 bridgehead atoms. The second kappa shape index (κ2) is 6.73. The first-order valence-corrected chi connectivity index (χ1v) is 7.55. The topological polar surface area (TPSA) is 67.6 Å². The minimum absolute atomic E-state index is 0.0543. The van der Waals surface area contributed by atoms with Crippen molar-refractivity contribution in [3.8, 4) is 0 Å². The highest BCUT2D eigenvalue weighted by molar-refractivity contribution is 6.39. The molecular formula is C14H19Cl2N3O2. The summed E-state index contributed by atoms with van der Waals surface area (Å²) in [6.45, 7) is 5.18. The molecule has 5 nitrogen and oxygen atoms in total. The van der Waals surface area contributed by atoms with E-state index in [0.29, 0.717) is 41.2 Å². The summed E-state index contributed by atoms with van der Waals surface area (Å²) in [7, 11) is 0. The molecule has 1 amide bonds. The van der Waals surface area contributed by atoms with Gasteiger partial charge in [0.25, 0.3) is 0 Å². The molecule has 7 heteroatoms. The Bertz CT molecular complexity index is 514. The maximum absolute atomic E-state index is 12.3. The van der Waals surface area contributed by atoms with Crippen LogP contribution < -0.4 is 16.0 Å². The van der Waals surface area contributed by atoms with Gasteiger partial charge in [-0.2, -0.15) is 0 Å². The van der Waals surface area contributed by atoms with Crippen molar-refractivity contribution in [2.45, 2.75) is 25.9 Å². The SMILES string of the molecule is CC(C)NC(=O)C1COCCN1c1c(Cl)cc(N)cc1Cl. The molecule has 1 unspecified atom stereocenters. The summed E-state index contributed by atoms with van der Waals surface area (Å²) in [5.74, 6) is -0.103.